The van der Waals surface area contributed by atoms with Crippen LogP contribution in [0.3, 0.4) is 0 Å². The summed E-state index contributed by atoms with van der Waals surface area (Å²) in [5, 5.41) is 0.554. The van der Waals surface area contributed by atoms with E-state index in [2.05, 4.69) is 35.0 Å². The molecule has 2 amide bonds. The van der Waals surface area contributed by atoms with Crippen LogP contribution >= 0.6 is 0 Å². The number of amides is 2. The Kier molecular flexibility index (Phi) is 11.2. The molecule has 1 aliphatic carbocycles. The van der Waals surface area contributed by atoms with E-state index in [4.69, 9.17) is 4.84 Å². The molecule has 3 heterocycles. The molecule has 2 aromatic carbocycles. The van der Waals surface area contributed by atoms with Crippen LogP contribution in [0.2, 0.25) is 0 Å². The Morgan fingerprint density at radius 3 is 2.12 bits per heavy atom. The van der Waals surface area contributed by atoms with Crippen molar-refractivity contribution < 1.29 is 49.7 Å². The number of rotatable bonds is 12. The molecule has 3 aliphatic heterocycles. The van der Waals surface area contributed by atoms with Gasteiger partial charge in [-0.15, -0.1) is 5.06 Å². The normalized spacial score (nSPS) is 20.7. The lowest BCUT2D eigenvalue weighted by Gasteiger charge is -2.24. The van der Waals surface area contributed by atoms with E-state index >= 15 is 0 Å². The highest BCUT2D eigenvalue weighted by atomic mass is 32.2. The summed E-state index contributed by atoms with van der Waals surface area (Å²) < 4.78 is 69.5. The van der Waals surface area contributed by atoms with Crippen LogP contribution in [0.1, 0.15) is 96.6 Å². The van der Waals surface area contributed by atoms with Gasteiger partial charge >= 0.3 is 5.97 Å². The van der Waals surface area contributed by atoms with Gasteiger partial charge in [0.05, 0.1) is 15.2 Å². The SMILES string of the molecule is CN1/C(=C/C=C2C=C(/C=C/C3=[N+](CCCCCC(=O)ON4C(=O)CCC4=O)c4ccc(S(=O)(=O)O)cc4C3(C)C)CCC/2)C(C)(C)c2cc(S(=O)(=O)O)ccc21. The fourth-order valence-corrected chi connectivity index (χ4v) is 9.08. The van der Waals surface area contributed by atoms with Gasteiger partial charge in [-0.1, -0.05) is 32.1 Å². The van der Waals surface area contributed by atoms with E-state index in [1.54, 1.807) is 12.1 Å². The number of nitrogens with zero attached hydrogens (tertiary/aromatic N) is 3. The number of hydroxylamine groups is 2. The number of hydrogen-bond acceptors (Lipinski definition) is 9. The van der Waals surface area contributed by atoms with Crippen LogP contribution in [0.5, 0.6) is 0 Å². The lowest BCUT2D eigenvalue weighted by atomic mass is 9.81. The smallest absolute Gasteiger partial charge is 0.333 e. The van der Waals surface area contributed by atoms with E-state index < -0.39 is 48.8 Å². The van der Waals surface area contributed by atoms with Crippen molar-refractivity contribution in [2.75, 3.05) is 18.5 Å². The highest BCUT2D eigenvalue weighted by Gasteiger charge is 2.45. The minimum Gasteiger partial charge on any atom is -0.347 e. The molecule has 0 spiro atoms. The number of likely N-dealkylation sites (N-methyl/N-ethyl adjacent to an activating group) is 1. The van der Waals surface area contributed by atoms with Gasteiger partial charge in [0.15, 0.2) is 5.71 Å². The predicted molar refractivity (Wildman–Crippen MR) is 210 cm³/mol. The molecule has 0 bridgehead atoms. The fraction of sp³-hybridized carbons (Fsp3) is 0.415. The Balaban J connectivity index is 1.22. The number of anilines is 1. The second-order valence-corrected chi connectivity index (χ2v) is 18.6. The summed E-state index contributed by atoms with van der Waals surface area (Å²) in [5.41, 5.74) is 6.31. The highest BCUT2D eigenvalue weighted by molar-refractivity contribution is 7.86. The highest BCUT2D eigenvalue weighted by Crippen LogP contribution is 2.48. The number of carbonyl (C=O) groups is 3. The lowest BCUT2D eigenvalue weighted by Crippen LogP contribution is -2.31. The minimum atomic E-state index is -4.43. The van der Waals surface area contributed by atoms with Gasteiger partial charge in [0, 0.05) is 67.2 Å². The average Bonchev–Trinajstić information content (AvgIpc) is 3.63. The summed E-state index contributed by atoms with van der Waals surface area (Å²) in [5.74, 6) is -1.68. The van der Waals surface area contributed by atoms with Crippen LogP contribution in [0.25, 0.3) is 0 Å². The van der Waals surface area contributed by atoms with Gasteiger partial charge in [0.1, 0.15) is 6.54 Å². The van der Waals surface area contributed by atoms with Gasteiger partial charge < -0.3 is 9.74 Å². The first-order chi connectivity index (χ1) is 26.2. The van der Waals surface area contributed by atoms with E-state index in [-0.39, 0.29) is 29.1 Å². The zero-order valence-corrected chi connectivity index (χ0v) is 33.9. The van der Waals surface area contributed by atoms with E-state index in [9.17, 15) is 40.3 Å². The van der Waals surface area contributed by atoms with Crippen molar-refractivity contribution in [1.29, 1.82) is 0 Å². The summed E-state index contributed by atoms with van der Waals surface area (Å²) in [6.07, 6.45) is 15.1. The first-order valence-corrected chi connectivity index (χ1v) is 21.6. The molecule has 1 fully saturated rings. The van der Waals surface area contributed by atoms with Crippen LogP contribution < -0.4 is 4.90 Å². The van der Waals surface area contributed by atoms with Gasteiger partial charge in [-0.05, 0) is 99.1 Å². The first kappa shape index (κ1) is 40.9. The number of fused-ring (bicyclic) bond motifs is 2. The topological polar surface area (TPSA) is 179 Å². The third kappa shape index (κ3) is 8.22. The van der Waals surface area contributed by atoms with Crippen molar-refractivity contribution >= 4 is 55.1 Å². The van der Waals surface area contributed by atoms with Crippen molar-refractivity contribution in [1.82, 2.24) is 5.06 Å². The van der Waals surface area contributed by atoms with Crippen molar-refractivity contribution in [2.24, 2.45) is 0 Å². The van der Waals surface area contributed by atoms with Crippen LogP contribution in [-0.4, -0.2) is 72.7 Å². The lowest BCUT2D eigenvalue weighted by molar-refractivity contribution is -0.438. The second kappa shape index (κ2) is 15.3. The molecule has 15 heteroatoms. The van der Waals surface area contributed by atoms with Crippen LogP contribution in [0.15, 0.2) is 93.4 Å². The third-order valence-electron chi connectivity index (χ3n) is 11.1. The number of allylic oxidation sites excluding steroid dienone is 8. The molecule has 0 aromatic heterocycles. The van der Waals surface area contributed by atoms with E-state index in [0.717, 1.165) is 64.3 Å². The van der Waals surface area contributed by atoms with Crippen molar-refractivity contribution in [2.45, 2.75) is 106 Å². The number of unbranched alkanes of at least 4 members (excludes halogenated alkanes) is 2. The summed E-state index contributed by atoms with van der Waals surface area (Å²) in [6.45, 7) is 8.64. The summed E-state index contributed by atoms with van der Waals surface area (Å²) in [4.78, 5) is 42.6. The van der Waals surface area contributed by atoms with Crippen molar-refractivity contribution in [3.05, 3.63) is 94.7 Å². The molecule has 6 rings (SSSR count). The van der Waals surface area contributed by atoms with Crippen molar-refractivity contribution in [3.8, 4) is 0 Å². The molecule has 298 valence electrons. The van der Waals surface area contributed by atoms with Crippen molar-refractivity contribution in [3.63, 3.8) is 0 Å². The van der Waals surface area contributed by atoms with Gasteiger partial charge in [-0.3, -0.25) is 18.7 Å². The first-order valence-electron chi connectivity index (χ1n) is 18.7. The summed E-state index contributed by atoms with van der Waals surface area (Å²) >= 11 is 0. The molecule has 56 heavy (non-hydrogen) atoms. The minimum absolute atomic E-state index is 0.0322. The molecule has 2 N–H and O–H groups in total. The molecule has 0 radical (unpaired) electrons. The number of carbonyl (C=O) groups excluding carboxylic acids is 3. The molecule has 2 aromatic rings. The number of benzene rings is 2. The van der Waals surface area contributed by atoms with Gasteiger partial charge in [0.25, 0.3) is 32.1 Å². The average molecular weight is 807 g/mol. The Morgan fingerprint density at radius 2 is 1.46 bits per heavy atom. The Hall–Kier alpha value is -4.70. The molecule has 1 saturated heterocycles. The van der Waals surface area contributed by atoms with Gasteiger partial charge in [0.2, 0.25) is 5.69 Å². The second-order valence-electron chi connectivity index (χ2n) is 15.7. The number of hydrogen-bond donors (Lipinski definition) is 2. The predicted octanol–water partition coefficient (Wildman–Crippen LogP) is 6.63. The Morgan fingerprint density at radius 1 is 0.821 bits per heavy atom. The van der Waals surface area contributed by atoms with Gasteiger partial charge in [-0.25, -0.2) is 4.79 Å². The molecule has 4 aliphatic rings. The molecule has 0 unspecified atom stereocenters. The molecular formula is C41H48N3O10S2+. The Bertz CT molecular complexity index is 2370. The standard InChI is InChI=1S/C41H47N3O10S2/c1-40(2)31-25-29(55(48,49)50)15-17-33(31)42(5)35(40)19-13-27-10-9-11-28(24-27)14-20-36-41(3,4)32-26-30(56(51,52)53)16-18-34(32)43(36)23-8-6-7-12-39(47)54-44-37(45)21-22-38(44)46/h13-20,24-26H,6-12,21-23H2,1-5H3,(H-,48,49,50,51,52,53)/p+1. The van der Waals surface area contributed by atoms with E-state index in [0.29, 0.717) is 30.9 Å². The molecular weight excluding hydrogens is 759 g/mol. The summed E-state index contributed by atoms with van der Waals surface area (Å²) in [6, 6.07) is 9.28. The Labute approximate surface area is 328 Å². The quantitative estimate of drug-likeness (QED) is 0.102. The fourth-order valence-electron chi connectivity index (χ4n) is 8.07. The maximum absolute atomic E-state index is 12.3. The van der Waals surface area contributed by atoms with Crippen LogP contribution in [-0.2, 0) is 50.3 Å². The third-order valence-corrected chi connectivity index (χ3v) is 12.8. The maximum Gasteiger partial charge on any atom is 0.333 e. The number of imide groups is 1. The van der Waals surface area contributed by atoms with Crippen LogP contribution in [0.4, 0.5) is 11.4 Å². The molecule has 0 saturated carbocycles. The van der Waals surface area contributed by atoms with Crippen LogP contribution in [0, 0.1) is 0 Å². The monoisotopic (exact) mass is 806 g/mol. The van der Waals surface area contributed by atoms with E-state index in [1.807, 2.05) is 39.6 Å². The van der Waals surface area contributed by atoms with Gasteiger partial charge in [-0.2, -0.15) is 21.4 Å². The maximum atomic E-state index is 12.3. The molecule has 13 nitrogen and oxygen atoms in total. The molecule has 0 atom stereocenters. The zero-order chi connectivity index (χ0) is 40.8. The largest absolute Gasteiger partial charge is 0.347 e. The van der Waals surface area contributed by atoms with E-state index in [1.165, 1.54) is 24.3 Å². The summed E-state index contributed by atoms with van der Waals surface area (Å²) in [7, 11) is -6.84. The zero-order valence-electron chi connectivity index (χ0n) is 32.2.